The summed E-state index contributed by atoms with van der Waals surface area (Å²) in [5, 5.41) is 8.78. The van der Waals surface area contributed by atoms with Gasteiger partial charge in [0.15, 0.2) is 6.29 Å². The van der Waals surface area contributed by atoms with Crippen LogP contribution in [0.1, 0.15) is 5.56 Å². The monoisotopic (exact) mass is 290 g/mol. The number of benzene rings is 1. The van der Waals surface area contributed by atoms with E-state index in [-0.39, 0.29) is 24.7 Å². The predicted molar refractivity (Wildman–Crippen MR) is 68.2 cm³/mol. The molecule has 1 aromatic rings. The van der Waals surface area contributed by atoms with E-state index in [1.165, 1.54) is 19.2 Å². The first-order valence-corrected chi connectivity index (χ1v) is 7.12. The molecule has 0 aliphatic carbocycles. The van der Waals surface area contributed by atoms with Crippen LogP contribution in [0.5, 0.6) is 0 Å². The highest BCUT2D eigenvalue weighted by atomic mass is 32.2. The summed E-state index contributed by atoms with van der Waals surface area (Å²) in [6.07, 6.45) is -0.773. The lowest BCUT2D eigenvalue weighted by atomic mass is 10.2. The Morgan fingerprint density at radius 2 is 1.84 bits per heavy atom. The third-order valence-corrected chi connectivity index (χ3v) is 3.67. The van der Waals surface area contributed by atoms with E-state index in [2.05, 4.69) is 0 Å². The van der Waals surface area contributed by atoms with Gasteiger partial charge in [-0.2, -0.15) is 8.42 Å². The van der Waals surface area contributed by atoms with E-state index < -0.39 is 16.4 Å². The summed E-state index contributed by atoms with van der Waals surface area (Å²) in [5.41, 5.74) is 0.966. The number of methoxy groups -OCH3 is 1. The second kappa shape index (κ2) is 7.56. The molecule has 0 saturated heterocycles. The zero-order valence-corrected chi connectivity index (χ0v) is 11.7. The summed E-state index contributed by atoms with van der Waals surface area (Å²) in [6.45, 7) is 1.42. The lowest BCUT2D eigenvalue weighted by Gasteiger charge is -2.13. The van der Waals surface area contributed by atoms with Gasteiger partial charge in [0, 0.05) is 7.11 Å². The van der Waals surface area contributed by atoms with Crippen LogP contribution in [0.4, 0.5) is 0 Å². The number of aryl methyl sites for hydroxylation is 1. The van der Waals surface area contributed by atoms with Crippen LogP contribution in [-0.4, -0.2) is 46.7 Å². The molecule has 0 fully saturated rings. The molecule has 0 spiro atoms. The molecule has 7 heteroatoms. The van der Waals surface area contributed by atoms with Crippen LogP contribution < -0.4 is 0 Å². The highest BCUT2D eigenvalue weighted by Gasteiger charge is 2.15. The van der Waals surface area contributed by atoms with Crippen molar-refractivity contribution in [2.45, 2.75) is 18.1 Å². The standard InChI is InChI=1S/C12H18O6S/c1-10-3-5-11(6-4-10)19(14,15)18-8-7-17-12(9-13)16-2/h3-6,12-13H,7-9H2,1-2H3/t12-/m0/s1. The van der Waals surface area contributed by atoms with Crippen molar-refractivity contribution in [3.63, 3.8) is 0 Å². The maximum Gasteiger partial charge on any atom is 0.297 e. The molecule has 0 aromatic heterocycles. The van der Waals surface area contributed by atoms with Crippen molar-refractivity contribution >= 4 is 10.1 Å². The van der Waals surface area contributed by atoms with E-state index in [0.29, 0.717) is 0 Å². The van der Waals surface area contributed by atoms with Crippen LogP contribution >= 0.6 is 0 Å². The van der Waals surface area contributed by atoms with Gasteiger partial charge < -0.3 is 14.6 Å². The number of aliphatic hydroxyl groups is 1. The van der Waals surface area contributed by atoms with E-state index in [9.17, 15) is 8.42 Å². The van der Waals surface area contributed by atoms with Crippen LogP contribution in [0.3, 0.4) is 0 Å². The molecular formula is C12H18O6S. The van der Waals surface area contributed by atoms with Crippen molar-refractivity contribution in [3.8, 4) is 0 Å². The van der Waals surface area contributed by atoms with E-state index in [4.69, 9.17) is 18.8 Å². The molecule has 0 bridgehead atoms. The number of hydrogen-bond donors (Lipinski definition) is 1. The Balaban J connectivity index is 2.45. The van der Waals surface area contributed by atoms with Gasteiger partial charge >= 0.3 is 0 Å². The van der Waals surface area contributed by atoms with Crippen LogP contribution in [0.25, 0.3) is 0 Å². The summed E-state index contributed by atoms with van der Waals surface area (Å²) < 4.78 is 38.1. The minimum atomic E-state index is -3.77. The molecule has 0 amide bonds. The van der Waals surface area contributed by atoms with E-state index in [1.807, 2.05) is 6.92 Å². The average Bonchev–Trinajstić information content (AvgIpc) is 2.39. The van der Waals surface area contributed by atoms with Crippen LogP contribution in [-0.2, 0) is 23.8 Å². The van der Waals surface area contributed by atoms with Crippen LogP contribution in [0.15, 0.2) is 29.2 Å². The molecule has 108 valence electrons. The Morgan fingerprint density at radius 1 is 1.21 bits per heavy atom. The SMILES string of the molecule is CO[C@H](CO)OCCOS(=O)(=O)c1ccc(C)cc1. The third-order valence-electron chi connectivity index (χ3n) is 2.35. The van der Waals surface area contributed by atoms with Gasteiger partial charge in [-0.15, -0.1) is 0 Å². The van der Waals surface area contributed by atoms with Gasteiger partial charge in [-0.3, -0.25) is 4.18 Å². The lowest BCUT2D eigenvalue weighted by Crippen LogP contribution is -2.22. The van der Waals surface area contributed by atoms with Crippen molar-refractivity contribution in [1.82, 2.24) is 0 Å². The van der Waals surface area contributed by atoms with E-state index in [1.54, 1.807) is 12.1 Å². The van der Waals surface area contributed by atoms with Crippen molar-refractivity contribution in [2.24, 2.45) is 0 Å². The molecule has 0 heterocycles. The van der Waals surface area contributed by atoms with Gasteiger partial charge in [0.2, 0.25) is 0 Å². The minimum absolute atomic E-state index is 0.00413. The van der Waals surface area contributed by atoms with Gasteiger partial charge in [0.05, 0.1) is 24.7 Å². The number of ether oxygens (including phenoxy) is 2. The first kappa shape index (κ1) is 16.1. The van der Waals surface area contributed by atoms with Gasteiger partial charge in [-0.05, 0) is 19.1 Å². The van der Waals surface area contributed by atoms with Crippen molar-refractivity contribution in [1.29, 1.82) is 0 Å². The summed E-state index contributed by atoms with van der Waals surface area (Å²) in [6, 6.07) is 6.35. The Bertz CT molecular complexity index is 463. The first-order chi connectivity index (χ1) is 8.99. The fourth-order valence-electron chi connectivity index (χ4n) is 1.29. The van der Waals surface area contributed by atoms with Crippen molar-refractivity contribution < 1.29 is 27.2 Å². The fraction of sp³-hybridized carbons (Fsp3) is 0.500. The maximum atomic E-state index is 11.8. The molecule has 0 unspecified atom stereocenters. The van der Waals surface area contributed by atoms with Crippen LogP contribution in [0, 0.1) is 6.92 Å². The number of hydrogen-bond acceptors (Lipinski definition) is 6. The second-order valence-corrected chi connectivity index (χ2v) is 5.42. The Morgan fingerprint density at radius 3 is 2.37 bits per heavy atom. The zero-order chi connectivity index (χ0) is 14.3. The smallest absolute Gasteiger partial charge is 0.297 e. The quantitative estimate of drug-likeness (QED) is 0.431. The van der Waals surface area contributed by atoms with Crippen molar-refractivity contribution in [3.05, 3.63) is 29.8 Å². The molecule has 0 aliphatic rings. The molecule has 1 N–H and O–H groups in total. The van der Waals surface area contributed by atoms with Crippen LogP contribution in [0.2, 0.25) is 0 Å². The average molecular weight is 290 g/mol. The summed E-state index contributed by atoms with van der Waals surface area (Å²) in [4.78, 5) is 0.101. The molecule has 1 aromatic carbocycles. The third kappa shape index (κ3) is 5.25. The lowest BCUT2D eigenvalue weighted by molar-refractivity contribution is -0.149. The van der Waals surface area contributed by atoms with Gasteiger partial charge in [-0.1, -0.05) is 17.7 Å². The topological polar surface area (TPSA) is 82.1 Å². The molecular weight excluding hydrogens is 272 g/mol. The van der Waals surface area contributed by atoms with Gasteiger partial charge in [0.25, 0.3) is 10.1 Å². The Kier molecular flexibility index (Phi) is 6.40. The fourth-order valence-corrected chi connectivity index (χ4v) is 2.18. The molecule has 19 heavy (non-hydrogen) atoms. The summed E-state index contributed by atoms with van der Waals surface area (Å²) >= 11 is 0. The van der Waals surface area contributed by atoms with E-state index >= 15 is 0 Å². The second-order valence-electron chi connectivity index (χ2n) is 3.81. The molecule has 1 atom stereocenters. The first-order valence-electron chi connectivity index (χ1n) is 5.71. The summed E-state index contributed by atoms with van der Waals surface area (Å²) in [7, 11) is -2.39. The molecule has 0 aliphatic heterocycles. The van der Waals surface area contributed by atoms with Gasteiger partial charge in [-0.25, -0.2) is 0 Å². The molecule has 0 saturated carbocycles. The highest BCUT2D eigenvalue weighted by Crippen LogP contribution is 2.12. The Labute approximate surface area is 113 Å². The van der Waals surface area contributed by atoms with Crippen molar-refractivity contribution in [2.75, 3.05) is 26.9 Å². The summed E-state index contributed by atoms with van der Waals surface area (Å²) in [5.74, 6) is 0. The molecule has 0 radical (unpaired) electrons. The normalized spacial score (nSPS) is 13.4. The molecule has 6 nitrogen and oxygen atoms in total. The Hall–Kier alpha value is -0.990. The zero-order valence-electron chi connectivity index (χ0n) is 10.9. The predicted octanol–water partition coefficient (Wildman–Crippen LogP) is 0.682. The largest absolute Gasteiger partial charge is 0.391 e. The number of rotatable bonds is 8. The van der Waals surface area contributed by atoms with E-state index in [0.717, 1.165) is 5.56 Å². The number of aliphatic hydroxyl groups excluding tert-OH is 1. The minimum Gasteiger partial charge on any atom is -0.391 e. The molecule has 1 rings (SSSR count). The highest BCUT2D eigenvalue weighted by molar-refractivity contribution is 7.86. The van der Waals surface area contributed by atoms with Gasteiger partial charge in [0.1, 0.15) is 0 Å². The maximum absolute atomic E-state index is 11.8.